The lowest BCUT2D eigenvalue weighted by Gasteiger charge is -2.37. The van der Waals surface area contributed by atoms with Crippen LogP contribution in [-0.4, -0.2) is 48.1 Å². The highest BCUT2D eigenvalue weighted by atomic mass is 16.4. The molecule has 0 aliphatic heterocycles. The van der Waals surface area contributed by atoms with Crippen LogP contribution in [0.1, 0.15) is 44.9 Å². The number of carboxylic acid groups (broad SMARTS) is 1. The summed E-state index contributed by atoms with van der Waals surface area (Å²) in [7, 11) is 4.13. The van der Waals surface area contributed by atoms with E-state index in [2.05, 4.69) is 24.3 Å². The molecule has 2 aliphatic rings. The first-order valence-electron chi connectivity index (χ1n) is 7.64. The predicted molar refractivity (Wildman–Crippen MR) is 76.4 cm³/mol. The number of carboxylic acids is 1. The van der Waals surface area contributed by atoms with Gasteiger partial charge in [0, 0.05) is 12.1 Å². The van der Waals surface area contributed by atoms with Crippen molar-refractivity contribution in [1.29, 1.82) is 0 Å². The smallest absolute Gasteiger partial charge is 0.307 e. The minimum Gasteiger partial charge on any atom is -0.481 e. The molecule has 5 nitrogen and oxygen atoms in total. The molecule has 0 aromatic carbocycles. The van der Waals surface area contributed by atoms with Crippen molar-refractivity contribution in [3.8, 4) is 0 Å². The summed E-state index contributed by atoms with van der Waals surface area (Å²) in [6.07, 6.45) is 6.79. The standard InChI is InChI=1S/C15H26N2O3/c1-17(2)15(8-3-4-9-15)10-16-13(18)11-6-5-7-12(11)14(19)20/h11-12H,3-10H2,1-2H3,(H,16,18)(H,19,20)/t11-,12+/m1/s1. The van der Waals surface area contributed by atoms with E-state index in [0.717, 1.165) is 19.3 Å². The van der Waals surface area contributed by atoms with E-state index in [4.69, 9.17) is 5.11 Å². The summed E-state index contributed by atoms with van der Waals surface area (Å²) in [6, 6.07) is 0. The molecule has 0 unspecified atom stereocenters. The minimum absolute atomic E-state index is 0.0625. The molecule has 0 aromatic heterocycles. The van der Waals surface area contributed by atoms with Gasteiger partial charge < -0.3 is 15.3 Å². The van der Waals surface area contributed by atoms with Crippen molar-refractivity contribution in [2.24, 2.45) is 11.8 Å². The average molecular weight is 282 g/mol. The Bertz CT molecular complexity index is 375. The fraction of sp³-hybridized carbons (Fsp3) is 0.867. The van der Waals surface area contributed by atoms with Gasteiger partial charge in [-0.2, -0.15) is 0 Å². The number of hydrogen-bond acceptors (Lipinski definition) is 3. The molecule has 2 saturated carbocycles. The van der Waals surface area contributed by atoms with Crippen molar-refractivity contribution in [3.05, 3.63) is 0 Å². The Hall–Kier alpha value is -1.10. The molecule has 2 aliphatic carbocycles. The molecule has 2 atom stereocenters. The lowest BCUT2D eigenvalue weighted by atomic mass is 9.93. The fourth-order valence-electron chi connectivity index (χ4n) is 3.77. The van der Waals surface area contributed by atoms with E-state index in [-0.39, 0.29) is 17.4 Å². The summed E-state index contributed by atoms with van der Waals surface area (Å²) in [4.78, 5) is 25.7. The lowest BCUT2D eigenvalue weighted by molar-refractivity contribution is -0.146. The first kappa shape index (κ1) is 15.3. The van der Waals surface area contributed by atoms with Gasteiger partial charge in [0.05, 0.1) is 11.8 Å². The molecule has 5 heteroatoms. The number of carbonyl (C=O) groups excluding carboxylic acids is 1. The quantitative estimate of drug-likeness (QED) is 0.801. The average Bonchev–Trinajstić information content (AvgIpc) is 3.05. The first-order chi connectivity index (χ1) is 9.46. The topological polar surface area (TPSA) is 69.6 Å². The molecule has 0 radical (unpaired) electrons. The van der Waals surface area contributed by atoms with Gasteiger partial charge in [-0.25, -0.2) is 0 Å². The molecule has 0 saturated heterocycles. The van der Waals surface area contributed by atoms with E-state index in [1.54, 1.807) is 0 Å². The molecule has 0 aromatic rings. The predicted octanol–water partition coefficient (Wildman–Crippen LogP) is 1.48. The maximum absolute atomic E-state index is 12.3. The number of nitrogens with one attached hydrogen (secondary N) is 1. The van der Waals surface area contributed by atoms with Crippen molar-refractivity contribution in [3.63, 3.8) is 0 Å². The van der Waals surface area contributed by atoms with E-state index in [1.165, 1.54) is 12.8 Å². The molecule has 1 amide bonds. The molecule has 0 heterocycles. The van der Waals surface area contributed by atoms with Gasteiger partial charge in [0.2, 0.25) is 5.91 Å². The number of rotatable bonds is 5. The monoisotopic (exact) mass is 282 g/mol. The van der Waals surface area contributed by atoms with Crippen LogP contribution in [0.2, 0.25) is 0 Å². The summed E-state index contributed by atoms with van der Waals surface area (Å²) in [5, 5.41) is 12.2. The zero-order chi connectivity index (χ0) is 14.8. The van der Waals surface area contributed by atoms with Crippen LogP contribution in [0.15, 0.2) is 0 Å². The second kappa shape index (κ2) is 6.12. The van der Waals surface area contributed by atoms with E-state index in [0.29, 0.717) is 19.4 Å². The first-order valence-corrected chi connectivity index (χ1v) is 7.64. The number of nitrogens with zero attached hydrogens (tertiary/aromatic N) is 1. The molecule has 20 heavy (non-hydrogen) atoms. The van der Waals surface area contributed by atoms with Gasteiger partial charge in [0.25, 0.3) is 0 Å². The number of likely N-dealkylation sites (N-methyl/N-ethyl adjacent to an activating group) is 1. The largest absolute Gasteiger partial charge is 0.481 e. The Morgan fingerprint density at radius 1 is 1.15 bits per heavy atom. The van der Waals surface area contributed by atoms with Gasteiger partial charge in [-0.3, -0.25) is 9.59 Å². The second-order valence-corrected chi connectivity index (χ2v) is 6.53. The molecule has 114 valence electrons. The van der Waals surface area contributed by atoms with Gasteiger partial charge >= 0.3 is 5.97 Å². The number of hydrogen-bond donors (Lipinski definition) is 2. The van der Waals surface area contributed by atoms with Crippen LogP contribution in [0.4, 0.5) is 0 Å². The van der Waals surface area contributed by atoms with Gasteiger partial charge in [-0.15, -0.1) is 0 Å². The third-order valence-corrected chi connectivity index (χ3v) is 5.24. The SMILES string of the molecule is CN(C)C1(CNC(=O)[C@@H]2CCC[C@@H]2C(=O)O)CCCC1. The Kier molecular flexibility index (Phi) is 4.68. The van der Waals surface area contributed by atoms with Crippen LogP contribution in [0.25, 0.3) is 0 Å². The third-order valence-electron chi connectivity index (χ3n) is 5.24. The van der Waals surface area contributed by atoms with Gasteiger partial charge in [-0.1, -0.05) is 19.3 Å². The number of carbonyl (C=O) groups is 2. The van der Waals surface area contributed by atoms with Crippen LogP contribution >= 0.6 is 0 Å². The molecule has 2 N–H and O–H groups in total. The van der Waals surface area contributed by atoms with Crippen LogP contribution in [0, 0.1) is 11.8 Å². The molecular weight excluding hydrogens is 256 g/mol. The summed E-state index contributed by atoms with van der Waals surface area (Å²) < 4.78 is 0. The summed E-state index contributed by atoms with van der Waals surface area (Å²) >= 11 is 0. The van der Waals surface area contributed by atoms with E-state index in [9.17, 15) is 9.59 Å². The van der Waals surface area contributed by atoms with Gasteiger partial charge in [0.15, 0.2) is 0 Å². The normalized spacial score (nSPS) is 28.8. The maximum atomic E-state index is 12.3. The third kappa shape index (κ3) is 2.97. The number of aliphatic carboxylic acids is 1. The van der Waals surface area contributed by atoms with Crippen LogP contribution in [-0.2, 0) is 9.59 Å². The van der Waals surface area contributed by atoms with Crippen LogP contribution < -0.4 is 5.32 Å². The fourth-order valence-corrected chi connectivity index (χ4v) is 3.77. The van der Waals surface area contributed by atoms with E-state index < -0.39 is 11.9 Å². The molecule has 2 rings (SSSR count). The van der Waals surface area contributed by atoms with Crippen molar-refractivity contribution >= 4 is 11.9 Å². The Morgan fingerprint density at radius 3 is 2.30 bits per heavy atom. The minimum atomic E-state index is -0.828. The maximum Gasteiger partial charge on any atom is 0.307 e. The number of amides is 1. The Balaban J connectivity index is 1.93. The van der Waals surface area contributed by atoms with E-state index in [1.807, 2.05) is 0 Å². The zero-order valence-electron chi connectivity index (χ0n) is 12.5. The Morgan fingerprint density at radius 2 is 1.75 bits per heavy atom. The molecular formula is C15H26N2O3. The van der Waals surface area contributed by atoms with E-state index >= 15 is 0 Å². The summed E-state index contributed by atoms with van der Waals surface area (Å²) in [5.41, 5.74) is 0.0625. The highest BCUT2D eigenvalue weighted by molar-refractivity contribution is 5.85. The molecule has 0 spiro atoms. The summed E-state index contributed by atoms with van der Waals surface area (Å²) in [6.45, 7) is 0.641. The zero-order valence-corrected chi connectivity index (χ0v) is 12.5. The van der Waals surface area contributed by atoms with Gasteiger partial charge in [-0.05, 0) is 39.8 Å². The Labute approximate surface area is 120 Å². The molecule has 0 bridgehead atoms. The lowest BCUT2D eigenvalue weighted by Crippen LogP contribution is -2.52. The highest BCUT2D eigenvalue weighted by Gasteiger charge is 2.40. The van der Waals surface area contributed by atoms with Crippen LogP contribution in [0.5, 0.6) is 0 Å². The van der Waals surface area contributed by atoms with Crippen LogP contribution in [0.3, 0.4) is 0 Å². The van der Waals surface area contributed by atoms with Crippen molar-refractivity contribution in [1.82, 2.24) is 10.2 Å². The molecule has 2 fully saturated rings. The van der Waals surface area contributed by atoms with Gasteiger partial charge in [0.1, 0.15) is 0 Å². The summed E-state index contributed by atoms with van der Waals surface area (Å²) in [5.74, 6) is -1.73. The van der Waals surface area contributed by atoms with Crippen molar-refractivity contribution in [2.75, 3.05) is 20.6 Å². The highest BCUT2D eigenvalue weighted by Crippen LogP contribution is 2.34. The van der Waals surface area contributed by atoms with Crippen molar-refractivity contribution in [2.45, 2.75) is 50.5 Å². The second-order valence-electron chi connectivity index (χ2n) is 6.53. The van der Waals surface area contributed by atoms with Crippen molar-refractivity contribution < 1.29 is 14.7 Å².